The van der Waals surface area contributed by atoms with Gasteiger partial charge in [-0.1, -0.05) is 6.92 Å². The van der Waals surface area contributed by atoms with Crippen LogP contribution in [0, 0.1) is 0 Å². The molecule has 0 aromatic heterocycles. The number of ether oxygens (including phenoxy) is 2. The Kier molecular flexibility index (Phi) is 5.73. The van der Waals surface area contributed by atoms with E-state index in [0.29, 0.717) is 19.7 Å². The fraction of sp³-hybridized carbons (Fsp3) is 0.909. The average molecular weight is 230 g/mol. The fourth-order valence-electron chi connectivity index (χ4n) is 1.69. The van der Waals surface area contributed by atoms with Crippen molar-refractivity contribution in [2.45, 2.75) is 25.4 Å². The summed E-state index contributed by atoms with van der Waals surface area (Å²) in [7, 11) is 1.69. The van der Waals surface area contributed by atoms with Crippen LogP contribution in [0.3, 0.4) is 0 Å². The highest BCUT2D eigenvalue weighted by Crippen LogP contribution is 2.21. The molecule has 1 atom stereocenters. The maximum Gasteiger partial charge on any atom is 0.233 e. The van der Waals surface area contributed by atoms with Crippen LogP contribution in [0.5, 0.6) is 0 Å². The van der Waals surface area contributed by atoms with Crippen molar-refractivity contribution in [3.8, 4) is 0 Å². The molecule has 0 spiro atoms. The third kappa shape index (κ3) is 4.08. The molecule has 0 bridgehead atoms. The minimum atomic E-state index is -0.245. The normalized spacial score (nSPS) is 24.6. The smallest absolute Gasteiger partial charge is 0.233 e. The number of amides is 1. The van der Waals surface area contributed by atoms with Crippen molar-refractivity contribution >= 4 is 5.91 Å². The van der Waals surface area contributed by atoms with Crippen molar-refractivity contribution in [1.82, 2.24) is 10.6 Å². The molecule has 0 aromatic carbocycles. The van der Waals surface area contributed by atoms with Gasteiger partial charge in [-0.15, -0.1) is 0 Å². The van der Waals surface area contributed by atoms with E-state index in [9.17, 15) is 4.79 Å². The summed E-state index contributed by atoms with van der Waals surface area (Å²) in [5, 5.41) is 5.93. The van der Waals surface area contributed by atoms with E-state index in [1.165, 1.54) is 0 Å². The molecule has 16 heavy (non-hydrogen) atoms. The van der Waals surface area contributed by atoms with Gasteiger partial charge in [0, 0.05) is 33.2 Å². The molecule has 1 aliphatic rings. The molecule has 1 rings (SSSR count). The highest BCUT2D eigenvalue weighted by molar-refractivity contribution is 5.77. The van der Waals surface area contributed by atoms with E-state index in [-0.39, 0.29) is 11.5 Å². The average Bonchev–Trinajstić information content (AvgIpc) is 2.76. The molecule has 0 aromatic rings. The fourth-order valence-corrected chi connectivity index (χ4v) is 1.69. The largest absolute Gasteiger partial charge is 0.378 e. The van der Waals surface area contributed by atoms with E-state index in [1.807, 2.05) is 6.92 Å². The van der Waals surface area contributed by atoms with E-state index in [2.05, 4.69) is 10.6 Å². The Morgan fingerprint density at radius 3 is 2.94 bits per heavy atom. The number of carbonyl (C=O) groups is 1. The molecule has 5 nitrogen and oxygen atoms in total. The molecule has 1 heterocycles. The monoisotopic (exact) mass is 230 g/mol. The maximum absolute atomic E-state index is 11.3. The molecular weight excluding hydrogens is 208 g/mol. The van der Waals surface area contributed by atoms with E-state index in [4.69, 9.17) is 9.47 Å². The molecule has 1 amide bonds. The summed E-state index contributed by atoms with van der Waals surface area (Å²) in [5.74, 6) is 0.0343. The maximum atomic E-state index is 11.3. The zero-order valence-corrected chi connectivity index (χ0v) is 10.2. The first kappa shape index (κ1) is 13.4. The standard InChI is InChI=1S/C11H22N2O3/c1-3-5-13-10(14)7-12-8-11(15-2)4-6-16-9-11/h12H,3-9H2,1-2H3,(H,13,14). The van der Waals surface area contributed by atoms with Crippen LogP contribution in [0.15, 0.2) is 0 Å². The Bertz CT molecular complexity index is 215. The van der Waals surface area contributed by atoms with Gasteiger partial charge in [0.1, 0.15) is 5.60 Å². The Hall–Kier alpha value is -0.650. The Morgan fingerprint density at radius 1 is 1.56 bits per heavy atom. The van der Waals surface area contributed by atoms with Gasteiger partial charge in [0.25, 0.3) is 0 Å². The number of methoxy groups -OCH3 is 1. The second-order valence-electron chi connectivity index (χ2n) is 4.14. The minimum Gasteiger partial charge on any atom is -0.378 e. The van der Waals surface area contributed by atoms with Gasteiger partial charge in [-0.2, -0.15) is 0 Å². The lowest BCUT2D eigenvalue weighted by molar-refractivity contribution is -0.120. The molecule has 0 aliphatic carbocycles. The SMILES string of the molecule is CCCNC(=O)CNCC1(OC)CCOC1. The zero-order chi connectivity index (χ0) is 11.9. The highest BCUT2D eigenvalue weighted by atomic mass is 16.5. The lowest BCUT2D eigenvalue weighted by Crippen LogP contribution is -2.46. The van der Waals surface area contributed by atoms with Gasteiger partial charge in [-0.25, -0.2) is 0 Å². The van der Waals surface area contributed by atoms with Crippen LogP contribution >= 0.6 is 0 Å². The summed E-state index contributed by atoms with van der Waals surface area (Å²) in [6.07, 6.45) is 1.84. The number of hydrogen-bond acceptors (Lipinski definition) is 4. The van der Waals surface area contributed by atoms with Crippen molar-refractivity contribution in [3.05, 3.63) is 0 Å². The first-order valence-corrected chi connectivity index (χ1v) is 5.83. The number of carbonyl (C=O) groups excluding carboxylic acids is 1. The van der Waals surface area contributed by atoms with E-state index < -0.39 is 0 Å². The van der Waals surface area contributed by atoms with Crippen LogP contribution in [-0.2, 0) is 14.3 Å². The summed E-state index contributed by atoms with van der Waals surface area (Å²) >= 11 is 0. The molecule has 0 saturated carbocycles. The van der Waals surface area contributed by atoms with E-state index in [1.54, 1.807) is 7.11 Å². The lowest BCUT2D eigenvalue weighted by atomic mass is 10.0. The molecule has 1 saturated heterocycles. The van der Waals surface area contributed by atoms with Crippen molar-refractivity contribution in [2.24, 2.45) is 0 Å². The van der Waals surface area contributed by atoms with Gasteiger partial charge in [0.2, 0.25) is 5.91 Å². The first-order valence-electron chi connectivity index (χ1n) is 5.83. The van der Waals surface area contributed by atoms with Gasteiger partial charge >= 0.3 is 0 Å². The third-order valence-corrected chi connectivity index (χ3v) is 2.81. The van der Waals surface area contributed by atoms with E-state index in [0.717, 1.165) is 26.0 Å². The molecule has 5 heteroatoms. The van der Waals surface area contributed by atoms with Crippen molar-refractivity contribution in [3.63, 3.8) is 0 Å². The Morgan fingerprint density at radius 2 is 2.38 bits per heavy atom. The van der Waals surface area contributed by atoms with Gasteiger partial charge in [0.05, 0.1) is 13.2 Å². The molecule has 94 valence electrons. The van der Waals surface area contributed by atoms with Gasteiger partial charge in [0.15, 0.2) is 0 Å². The zero-order valence-electron chi connectivity index (χ0n) is 10.2. The summed E-state index contributed by atoms with van der Waals surface area (Å²) in [6, 6.07) is 0. The summed E-state index contributed by atoms with van der Waals surface area (Å²) in [6.45, 7) is 5.10. The molecular formula is C11H22N2O3. The highest BCUT2D eigenvalue weighted by Gasteiger charge is 2.34. The van der Waals surface area contributed by atoms with E-state index >= 15 is 0 Å². The molecule has 0 radical (unpaired) electrons. The van der Waals surface area contributed by atoms with Gasteiger partial charge < -0.3 is 20.1 Å². The van der Waals surface area contributed by atoms with Crippen LogP contribution in [0.25, 0.3) is 0 Å². The second-order valence-corrected chi connectivity index (χ2v) is 4.14. The third-order valence-electron chi connectivity index (χ3n) is 2.81. The van der Waals surface area contributed by atoms with Crippen molar-refractivity contribution < 1.29 is 14.3 Å². The minimum absolute atomic E-state index is 0.0343. The topological polar surface area (TPSA) is 59.6 Å². The van der Waals surface area contributed by atoms with Crippen molar-refractivity contribution in [2.75, 3.05) is 40.0 Å². The van der Waals surface area contributed by atoms with Crippen LogP contribution in [0.4, 0.5) is 0 Å². The lowest BCUT2D eigenvalue weighted by Gasteiger charge is -2.25. The molecule has 1 unspecified atom stereocenters. The first-order chi connectivity index (χ1) is 7.72. The van der Waals surface area contributed by atoms with Crippen LogP contribution in [0.1, 0.15) is 19.8 Å². The number of rotatable bonds is 7. The predicted octanol–water partition coefficient (Wildman–Crippen LogP) is -0.0923. The summed E-state index contributed by atoms with van der Waals surface area (Å²) < 4.78 is 10.8. The van der Waals surface area contributed by atoms with Gasteiger partial charge in [-0.05, 0) is 6.42 Å². The van der Waals surface area contributed by atoms with Crippen LogP contribution < -0.4 is 10.6 Å². The van der Waals surface area contributed by atoms with Gasteiger partial charge in [-0.3, -0.25) is 4.79 Å². The Labute approximate surface area is 96.9 Å². The Balaban J connectivity index is 2.16. The van der Waals surface area contributed by atoms with Crippen LogP contribution in [0.2, 0.25) is 0 Å². The summed E-state index contributed by atoms with van der Waals surface area (Å²) in [4.78, 5) is 11.3. The summed E-state index contributed by atoms with van der Waals surface area (Å²) in [5.41, 5.74) is -0.245. The predicted molar refractivity (Wildman–Crippen MR) is 61.3 cm³/mol. The number of nitrogens with one attached hydrogen (secondary N) is 2. The molecule has 1 aliphatic heterocycles. The second kappa shape index (κ2) is 6.83. The molecule has 2 N–H and O–H groups in total. The number of hydrogen-bond donors (Lipinski definition) is 2. The van der Waals surface area contributed by atoms with Crippen molar-refractivity contribution in [1.29, 1.82) is 0 Å². The quantitative estimate of drug-likeness (QED) is 0.641. The van der Waals surface area contributed by atoms with Crippen LogP contribution in [-0.4, -0.2) is 51.5 Å². The molecule has 1 fully saturated rings.